The average Bonchev–Trinajstić information content (AvgIpc) is 3.07. The molecule has 0 unspecified atom stereocenters. The number of para-hydroxylation sites is 2. The molecule has 0 spiro atoms. The SMILES string of the molecule is Cc1ccc(S(=O)(=O)[N-]c2nc3ccccc3nc2-n2cc[n+](C)c2)cc1. The fraction of sp³-hybridized carbons (Fsp3) is 0.105. The maximum Gasteiger partial charge on any atom is 0.250 e. The standard InChI is InChI=1S/C19H17N5O2S/c1-14-7-9-15(10-8-14)27(25,26)22-18-19(24-12-11-23(2)13-24)21-17-6-4-3-5-16(17)20-18/h3-13H,1-2H3. The van der Waals surface area contributed by atoms with E-state index in [4.69, 9.17) is 0 Å². The first kappa shape index (κ1) is 17.2. The maximum absolute atomic E-state index is 12.8. The highest BCUT2D eigenvalue weighted by Crippen LogP contribution is 2.31. The molecule has 0 aliphatic rings. The van der Waals surface area contributed by atoms with Crippen LogP contribution in [-0.2, 0) is 17.1 Å². The van der Waals surface area contributed by atoms with Crippen molar-refractivity contribution in [2.24, 2.45) is 7.05 Å². The number of benzene rings is 2. The minimum Gasteiger partial charge on any atom is -0.429 e. The fourth-order valence-electron chi connectivity index (χ4n) is 2.67. The smallest absolute Gasteiger partial charge is 0.250 e. The van der Waals surface area contributed by atoms with Crippen molar-refractivity contribution in [3.63, 3.8) is 0 Å². The molecule has 27 heavy (non-hydrogen) atoms. The molecular weight excluding hydrogens is 362 g/mol. The van der Waals surface area contributed by atoms with Gasteiger partial charge in [0.2, 0.25) is 22.2 Å². The summed E-state index contributed by atoms with van der Waals surface area (Å²) >= 11 is 0. The van der Waals surface area contributed by atoms with Crippen molar-refractivity contribution >= 4 is 26.9 Å². The first-order valence-electron chi connectivity index (χ1n) is 8.27. The van der Waals surface area contributed by atoms with Crippen LogP contribution in [0, 0.1) is 6.92 Å². The largest absolute Gasteiger partial charge is 0.429 e. The van der Waals surface area contributed by atoms with E-state index >= 15 is 0 Å². The van der Waals surface area contributed by atoms with Gasteiger partial charge in [-0.2, -0.15) is 4.57 Å². The Morgan fingerprint density at radius 1 is 1.00 bits per heavy atom. The molecule has 8 heteroatoms. The van der Waals surface area contributed by atoms with Crippen molar-refractivity contribution in [1.82, 2.24) is 14.5 Å². The van der Waals surface area contributed by atoms with Crippen LogP contribution < -0.4 is 4.57 Å². The predicted molar refractivity (Wildman–Crippen MR) is 101 cm³/mol. The van der Waals surface area contributed by atoms with Crippen LogP contribution in [-0.4, -0.2) is 23.0 Å². The fourth-order valence-corrected chi connectivity index (χ4v) is 3.60. The van der Waals surface area contributed by atoms with E-state index in [2.05, 4.69) is 14.7 Å². The molecule has 0 amide bonds. The summed E-state index contributed by atoms with van der Waals surface area (Å²) in [5.41, 5.74) is 2.21. The molecule has 2 aromatic carbocycles. The lowest BCUT2D eigenvalue weighted by Gasteiger charge is -2.18. The molecule has 2 aromatic heterocycles. The molecule has 0 fully saturated rings. The minimum absolute atomic E-state index is 0.0467. The molecule has 136 valence electrons. The Hall–Kier alpha value is -3.26. The number of hydrogen-bond acceptors (Lipinski definition) is 4. The number of fused-ring (bicyclic) bond motifs is 1. The zero-order valence-electron chi connectivity index (χ0n) is 14.8. The molecule has 0 radical (unpaired) electrons. The highest BCUT2D eigenvalue weighted by atomic mass is 32.2. The van der Waals surface area contributed by atoms with Crippen molar-refractivity contribution in [3.05, 3.63) is 77.5 Å². The van der Waals surface area contributed by atoms with E-state index in [1.165, 1.54) is 12.1 Å². The van der Waals surface area contributed by atoms with Crippen LogP contribution in [0.15, 0.2) is 72.1 Å². The molecule has 4 rings (SSSR count). The summed E-state index contributed by atoms with van der Waals surface area (Å²) in [5.74, 6) is 0.399. The van der Waals surface area contributed by atoms with Gasteiger partial charge in [-0.3, -0.25) is 0 Å². The molecule has 0 aliphatic carbocycles. The molecule has 0 atom stereocenters. The van der Waals surface area contributed by atoms with Crippen molar-refractivity contribution in [3.8, 4) is 5.82 Å². The summed E-state index contributed by atoms with van der Waals surface area (Å²) in [4.78, 5) is 9.15. The average molecular weight is 379 g/mol. The lowest BCUT2D eigenvalue weighted by Crippen LogP contribution is -2.23. The Bertz CT molecular complexity index is 1230. The number of aromatic nitrogens is 4. The third kappa shape index (κ3) is 3.39. The van der Waals surface area contributed by atoms with Gasteiger partial charge in [0.05, 0.1) is 17.5 Å². The summed E-state index contributed by atoms with van der Waals surface area (Å²) in [6, 6.07) is 13.8. The van der Waals surface area contributed by atoms with Gasteiger partial charge < -0.3 is 9.71 Å². The minimum atomic E-state index is -3.92. The number of hydrogen-bond donors (Lipinski definition) is 0. The summed E-state index contributed by atoms with van der Waals surface area (Å²) < 4.78 is 33.1. The zero-order valence-corrected chi connectivity index (χ0v) is 15.6. The van der Waals surface area contributed by atoms with Crippen LogP contribution in [0.5, 0.6) is 0 Å². The van der Waals surface area contributed by atoms with Gasteiger partial charge in [-0.1, -0.05) is 35.9 Å². The first-order valence-corrected chi connectivity index (χ1v) is 9.71. The number of aryl methyl sites for hydroxylation is 2. The maximum atomic E-state index is 12.8. The topological polar surface area (TPSA) is 82.8 Å². The highest BCUT2D eigenvalue weighted by molar-refractivity contribution is 7.94. The first-order chi connectivity index (χ1) is 12.9. The van der Waals surface area contributed by atoms with Gasteiger partial charge in [-0.05, 0) is 30.6 Å². The van der Waals surface area contributed by atoms with Gasteiger partial charge >= 0.3 is 0 Å². The van der Waals surface area contributed by atoms with Gasteiger partial charge in [-0.25, -0.2) is 18.0 Å². The lowest BCUT2D eigenvalue weighted by atomic mass is 10.2. The van der Waals surface area contributed by atoms with Crippen LogP contribution >= 0.6 is 0 Å². The van der Waals surface area contributed by atoms with E-state index in [1.807, 2.05) is 42.9 Å². The molecule has 4 aromatic rings. The molecule has 0 aliphatic heterocycles. The van der Waals surface area contributed by atoms with Crippen LogP contribution in [0.4, 0.5) is 5.82 Å². The van der Waals surface area contributed by atoms with E-state index in [9.17, 15) is 8.42 Å². The van der Waals surface area contributed by atoms with Crippen molar-refractivity contribution in [2.45, 2.75) is 11.8 Å². The summed E-state index contributed by atoms with van der Waals surface area (Å²) in [5, 5.41) is 0. The second kappa shape index (κ2) is 6.48. The number of imidazole rings is 1. The van der Waals surface area contributed by atoms with Crippen molar-refractivity contribution in [2.75, 3.05) is 0 Å². The van der Waals surface area contributed by atoms with Gasteiger partial charge in [0, 0.05) is 5.82 Å². The Morgan fingerprint density at radius 3 is 2.30 bits per heavy atom. The lowest BCUT2D eigenvalue weighted by molar-refractivity contribution is -0.670. The monoisotopic (exact) mass is 379 g/mol. The molecular formula is C19H17N5O2S. The normalized spacial score (nSPS) is 11.6. The summed E-state index contributed by atoms with van der Waals surface area (Å²) in [6.45, 7) is 1.90. The third-order valence-corrected chi connectivity index (χ3v) is 5.35. The molecule has 0 saturated heterocycles. The van der Waals surface area contributed by atoms with E-state index in [1.54, 1.807) is 35.3 Å². The van der Waals surface area contributed by atoms with Crippen molar-refractivity contribution < 1.29 is 13.0 Å². The van der Waals surface area contributed by atoms with Crippen LogP contribution in [0.3, 0.4) is 0 Å². The van der Waals surface area contributed by atoms with Gasteiger partial charge in [0.1, 0.15) is 12.4 Å². The van der Waals surface area contributed by atoms with E-state index in [-0.39, 0.29) is 10.7 Å². The van der Waals surface area contributed by atoms with Crippen molar-refractivity contribution in [1.29, 1.82) is 0 Å². The molecule has 0 saturated carbocycles. The van der Waals surface area contributed by atoms with E-state index < -0.39 is 10.0 Å². The quantitative estimate of drug-likeness (QED) is 0.511. The van der Waals surface area contributed by atoms with Gasteiger partial charge in [0.15, 0.2) is 0 Å². The molecule has 7 nitrogen and oxygen atoms in total. The Morgan fingerprint density at radius 2 is 1.67 bits per heavy atom. The predicted octanol–water partition coefficient (Wildman–Crippen LogP) is 2.95. The Labute approximate surface area is 157 Å². The second-order valence-electron chi connectivity index (χ2n) is 6.23. The Balaban J connectivity index is 1.85. The van der Waals surface area contributed by atoms with Crippen LogP contribution in [0.25, 0.3) is 21.6 Å². The highest BCUT2D eigenvalue weighted by Gasteiger charge is 2.16. The number of sulfonamides is 1. The van der Waals surface area contributed by atoms with Crippen LogP contribution in [0.2, 0.25) is 0 Å². The second-order valence-corrected chi connectivity index (χ2v) is 7.83. The number of nitrogens with zero attached hydrogens (tertiary/aromatic N) is 5. The van der Waals surface area contributed by atoms with Gasteiger partial charge in [0.25, 0.3) is 0 Å². The van der Waals surface area contributed by atoms with Gasteiger partial charge in [-0.15, -0.1) is 0 Å². The molecule has 0 N–H and O–H groups in total. The van der Waals surface area contributed by atoms with Crippen LogP contribution in [0.1, 0.15) is 5.56 Å². The molecule has 0 bridgehead atoms. The third-order valence-electron chi connectivity index (χ3n) is 4.07. The summed E-state index contributed by atoms with van der Waals surface area (Å²) in [6.07, 6.45) is 5.38. The van der Waals surface area contributed by atoms with E-state index in [0.717, 1.165) is 5.56 Å². The summed E-state index contributed by atoms with van der Waals surface area (Å²) in [7, 11) is -2.05. The molecule has 2 heterocycles. The Kier molecular flexibility index (Phi) is 4.12. The van der Waals surface area contributed by atoms with E-state index in [0.29, 0.717) is 16.9 Å². The zero-order chi connectivity index (χ0) is 19.0. The number of rotatable bonds is 4.